The molecule has 1 heteroatoms. The van der Waals surface area contributed by atoms with Gasteiger partial charge in [-0.2, -0.15) is 0 Å². The van der Waals surface area contributed by atoms with E-state index in [1.807, 2.05) is 0 Å². The van der Waals surface area contributed by atoms with Crippen LogP contribution >= 0.6 is 7.92 Å². The molecule has 20 heavy (non-hydrogen) atoms. The number of hydrogen-bond acceptors (Lipinski definition) is 0. The Kier molecular flexibility index (Phi) is 5.84. The summed E-state index contributed by atoms with van der Waals surface area (Å²) in [6.07, 6.45) is 24.4. The standard InChI is InChI=1S/C19H30P/c1-16(17-10-8-9-11-17)20(18-12-4-2-5-13-18)19-14-6-3-7-15-19/h8-11,16,18-19H,2-7,12-15H2,1H3. The Bertz CT molecular complexity index is 251. The fraction of sp³-hybridized carbons (Fsp3) is 0.737. The van der Waals surface area contributed by atoms with Gasteiger partial charge in [-0.15, -0.1) is 0 Å². The maximum absolute atomic E-state index is 2.55. The van der Waals surface area contributed by atoms with Crippen LogP contribution in [0.3, 0.4) is 0 Å². The molecule has 0 aromatic carbocycles. The minimum atomic E-state index is 0.191. The predicted octanol–water partition coefficient (Wildman–Crippen LogP) is 5.93. The number of hydrogen-bond donors (Lipinski definition) is 0. The summed E-state index contributed by atoms with van der Waals surface area (Å²) in [7, 11) is 0.191. The zero-order valence-corrected chi connectivity index (χ0v) is 14.0. The van der Waals surface area contributed by atoms with Crippen molar-refractivity contribution in [2.45, 2.75) is 88.1 Å². The van der Waals surface area contributed by atoms with Crippen molar-refractivity contribution < 1.29 is 0 Å². The topological polar surface area (TPSA) is 0 Å². The van der Waals surface area contributed by atoms with E-state index in [2.05, 4.69) is 32.6 Å². The fourth-order valence-corrected chi connectivity index (χ4v) is 8.83. The van der Waals surface area contributed by atoms with Gasteiger partial charge in [0, 0.05) is 0 Å². The molecular weight excluding hydrogens is 259 g/mol. The second-order valence-corrected chi connectivity index (χ2v) is 10.1. The Hall–Kier alpha value is 0.430. The molecule has 3 rings (SSSR count). The highest BCUT2D eigenvalue weighted by atomic mass is 31.1. The van der Waals surface area contributed by atoms with Crippen LogP contribution in [0.25, 0.3) is 0 Å². The second-order valence-electron chi connectivity index (χ2n) is 6.93. The molecule has 0 aromatic heterocycles. The summed E-state index contributed by atoms with van der Waals surface area (Å²) >= 11 is 0. The molecule has 1 unspecified atom stereocenters. The molecule has 3 saturated carbocycles. The van der Waals surface area contributed by atoms with E-state index < -0.39 is 0 Å². The highest BCUT2D eigenvalue weighted by Crippen LogP contribution is 2.61. The second kappa shape index (κ2) is 7.62. The van der Waals surface area contributed by atoms with Crippen LogP contribution in [0.2, 0.25) is 0 Å². The molecule has 111 valence electrons. The molecule has 3 aliphatic carbocycles. The SMILES string of the molecule is CC([C]1[CH][CH][CH][CH]1)P(C1CCCCC1)C1CCCCC1. The van der Waals surface area contributed by atoms with Gasteiger partial charge in [-0.05, 0) is 74.3 Å². The summed E-state index contributed by atoms with van der Waals surface area (Å²) in [5.41, 5.74) is 2.99. The van der Waals surface area contributed by atoms with Gasteiger partial charge in [-0.3, -0.25) is 0 Å². The first kappa shape index (κ1) is 15.3. The van der Waals surface area contributed by atoms with Crippen molar-refractivity contribution in [3.05, 3.63) is 31.6 Å². The van der Waals surface area contributed by atoms with Gasteiger partial charge in [0.15, 0.2) is 0 Å². The van der Waals surface area contributed by atoms with Crippen LogP contribution in [0.15, 0.2) is 0 Å². The smallest absolute Gasteiger partial charge is 0.00961 e. The van der Waals surface area contributed by atoms with Gasteiger partial charge in [-0.1, -0.05) is 53.4 Å². The van der Waals surface area contributed by atoms with Gasteiger partial charge >= 0.3 is 0 Å². The summed E-state index contributed by atoms with van der Waals surface area (Å²) in [6.45, 7) is 2.55. The molecule has 3 fully saturated rings. The first-order valence-corrected chi connectivity index (χ1v) is 10.4. The van der Waals surface area contributed by atoms with Crippen LogP contribution in [-0.4, -0.2) is 17.0 Å². The average molecular weight is 289 g/mol. The third kappa shape index (κ3) is 3.60. The maximum atomic E-state index is 2.55. The highest BCUT2D eigenvalue weighted by molar-refractivity contribution is 7.60. The van der Waals surface area contributed by atoms with E-state index in [4.69, 9.17) is 0 Å². The summed E-state index contributed by atoms with van der Waals surface area (Å²) in [6, 6.07) is 0. The van der Waals surface area contributed by atoms with E-state index in [9.17, 15) is 0 Å². The first-order chi connectivity index (χ1) is 9.86. The van der Waals surface area contributed by atoms with Crippen LogP contribution in [0.4, 0.5) is 0 Å². The largest absolute Gasteiger partial charge is 0.0968 e. The van der Waals surface area contributed by atoms with Crippen LogP contribution in [0.5, 0.6) is 0 Å². The molecular formula is C19H30P. The zero-order valence-electron chi connectivity index (χ0n) is 13.1. The van der Waals surface area contributed by atoms with Crippen LogP contribution < -0.4 is 0 Å². The molecule has 0 saturated heterocycles. The molecule has 0 N–H and O–H groups in total. The average Bonchev–Trinajstić information content (AvgIpc) is 3.04. The van der Waals surface area contributed by atoms with E-state index in [0.717, 1.165) is 17.0 Å². The monoisotopic (exact) mass is 289 g/mol. The van der Waals surface area contributed by atoms with Crippen molar-refractivity contribution in [2.24, 2.45) is 0 Å². The maximum Gasteiger partial charge on any atom is -0.00961 e. The summed E-state index contributed by atoms with van der Waals surface area (Å²) < 4.78 is 0. The molecule has 1 atom stereocenters. The fourth-order valence-electron chi connectivity index (χ4n) is 4.53. The molecule has 3 aliphatic rings. The summed E-state index contributed by atoms with van der Waals surface area (Å²) in [5, 5.41) is 0. The highest BCUT2D eigenvalue weighted by Gasteiger charge is 2.38. The van der Waals surface area contributed by atoms with E-state index in [-0.39, 0.29) is 7.92 Å². The minimum Gasteiger partial charge on any atom is -0.0968 e. The van der Waals surface area contributed by atoms with Crippen molar-refractivity contribution in [3.63, 3.8) is 0 Å². The summed E-state index contributed by atoms with van der Waals surface area (Å²) in [5.74, 6) is 1.63. The molecule has 0 heterocycles. The first-order valence-electron chi connectivity index (χ1n) is 8.85. The molecule has 0 aliphatic heterocycles. The lowest BCUT2D eigenvalue weighted by Gasteiger charge is -2.43. The van der Waals surface area contributed by atoms with Crippen molar-refractivity contribution in [3.8, 4) is 0 Å². The van der Waals surface area contributed by atoms with Gasteiger partial charge in [0.25, 0.3) is 0 Å². The van der Waals surface area contributed by atoms with E-state index in [1.165, 1.54) is 64.2 Å². The van der Waals surface area contributed by atoms with Crippen molar-refractivity contribution in [1.29, 1.82) is 0 Å². The van der Waals surface area contributed by atoms with Crippen molar-refractivity contribution in [2.75, 3.05) is 0 Å². The third-order valence-electron chi connectivity index (χ3n) is 5.61. The van der Waals surface area contributed by atoms with E-state index in [1.54, 1.807) is 5.92 Å². The molecule has 0 nitrogen and oxygen atoms in total. The van der Waals surface area contributed by atoms with Crippen LogP contribution in [0, 0.1) is 31.6 Å². The van der Waals surface area contributed by atoms with Gasteiger partial charge in [0.2, 0.25) is 0 Å². The molecule has 0 bridgehead atoms. The Morgan fingerprint density at radius 3 is 1.70 bits per heavy atom. The van der Waals surface area contributed by atoms with Gasteiger partial charge < -0.3 is 0 Å². The van der Waals surface area contributed by atoms with Gasteiger partial charge in [-0.25, -0.2) is 0 Å². The lowest BCUT2D eigenvalue weighted by molar-refractivity contribution is 0.482. The predicted molar refractivity (Wildman–Crippen MR) is 90.6 cm³/mol. The van der Waals surface area contributed by atoms with E-state index in [0.29, 0.717) is 0 Å². The van der Waals surface area contributed by atoms with Crippen molar-refractivity contribution >= 4 is 7.92 Å². The van der Waals surface area contributed by atoms with E-state index >= 15 is 0 Å². The Balaban J connectivity index is 1.70. The third-order valence-corrected chi connectivity index (χ3v) is 9.52. The lowest BCUT2D eigenvalue weighted by Crippen LogP contribution is -2.28. The quantitative estimate of drug-likeness (QED) is 0.563. The Morgan fingerprint density at radius 1 is 0.800 bits per heavy atom. The summed E-state index contributed by atoms with van der Waals surface area (Å²) in [4.78, 5) is 0. The molecule has 0 spiro atoms. The minimum absolute atomic E-state index is 0.191. The normalized spacial score (nSPS) is 29.1. The van der Waals surface area contributed by atoms with Gasteiger partial charge in [0.05, 0.1) is 0 Å². The zero-order chi connectivity index (χ0) is 13.8. The molecule has 5 radical (unpaired) electrons. The number of rotatable bonds is 4. The van der Waals surface area contributed by atoms with Crippen molar-refractivity contribution in [1.82, 2.24) is 0 Å². The van der Waals surface area contributed by atoms with Crippen LogP contribution in [0.1, 0.15) is 71.1 Å². The van der Waals surface area contributed by atoms with Gasteiger partial charge in [0.1, 0.15) is 0 Å². The Morgan fingerprint density at radius 2 is 1.25 bits per heavy atom. The molecule has 0 amide bonds. The van der Waals surface area contributed by atoms with Crippen LogP contribution in [-0.2, 0) is 0 Å². The Labute approximate surface area is 128 Å². The lowest BCUT2D eigenvalue weighted by atomic mass is 9.99. The molecule has 0 aromatic rings.